The lowest BCUT2D eigenvalue weighted by Gasteiger charge is -2.24. The van der Waals surface area contributed by atoms with Gasteiger partial charge < -0.3 is 20.3 Å². The van der Waals surface area contributed by atoms with Crippen molar-refractivity contribution in [3.05, 3.63) is 70.1 Å². The molecule has 3 aromatic rings. The summed E-state index contributed by atoms with van der Waals surface area (Å²) in [7, 11) is 3.07. The van der Waals surface area contributed by atoms with E-state index in [4.69, 9.17) is 16.3 Å². The van der Waals surface area contributed by atoms with Crippen molar-refractivity contribution in [3.63, 3.8) is 0 Å². The van der Waals surface area contributed by atoms with Crippen LogP contribution in [0.15, 0.2) is 42.6 Å². The number of fused-ring (bicyclic) bond motifs is 1. The van der Waals surface area contributed by atoms with Gasteiger partial charge in [0, 0.05) is 30.7 Å². The lowest BCUT2D eigenvalue weighted by Crippen LogP contribution is -2.42. The topological polar surface area (TPSA) is 114 Å². The Kier molecular flexibility index (Phi) is 7.91. The number of methoxy groups -OCH3 is 1. The molecule has 2 atom stereocenters. The number of anilines is 1. The van der Waals surface area contributed by atoms with Gasteiger partial charge in [0.05, 0.1) is 30.1 Å². The molecule has 198 valence electrons. The van der Waals surface area contributed by atoms with Gasteiger partial charge in [-0.3, -0.25) is 14.4 Å². The highest BCUT2D eigenvalue weighted by molar-refractivity contribution is 6.33. The minimum absolute atomic E-state index is 0.123. The van der Waals surface area contributed by atoms with Gasteiger partial charge in [-0.15, -0.1) is 0 Å². The number of benzene rings is 2. The van der Waals surface area contributed by atoms with E-state index in [2.05, 4.69) is 20.6 Å². The highest BCUT2D eigenvalue weighted by Crippen LogP contribution is 2.37. The first kappa shape index (κ1) is 27.0. The highest BCUT2D eigenvalue weighted by Gasteiger charge is 2.36. The molecule has 4 rings (SSSR count). The molecular formula is C27H27ClFN5O4. The molecule has 2 heterocycles. The van der Waals surface area contributed by atoms with Gasteiger partial charge in [-0.05, 0) is 36.2 Å². The van der Waals surface area contributed by atoms with Crippen LogP contribution in [0.3, 0.4) is 0 Å². The predicted octanol–water partition coefficient (Wildman–Crippen LogP) is 4.34. The lowest BCUT2D eigenvalue weighted by molar-refractivity contribution is -0.128. The number of aromatic nitrogens is 2. The Balaban J connectivity index is 1.56. The number of nitrogens with one attached hydrogen (secondary N) is 2. The van der Waals surface area contributed by atoms with Crippen molar-refractivity contribution in [2.24, 2.45) is 0 Å². The lowest BCUT2D eigenvalue weighted by atomic mass is 10.0. The molecule has 0 radical (unpaired) electrons. The van der Waals surface area contributed by atoms with E-state index in [0.29, 0.717) is 27.8 Å². The second-order valence-electron chi connectivity index (χ2n) is 8.80. The fourth-order valence-corrected chi connectivity index (χ4v) is 4.63. The summed E-state index contributed by atoms with van der Waals surface area (Å²) in [4.78, 5) is 49.0. The van der Waals surface area contributed by atoms with Gasteiger partial charge in [0.1, 0.15) is 24.2 Å². The van der Waals surface area contributed by atoms with Crippen molar-refractivity contribution in [1.29, 1.82) is 0 Å². The van der Waals surface area contributed by atoms with Crippen molar-refractivity contribution >= 4 is 35.1 Å². The predicted molar refractivity (Wildman–Crippen MR) is 141 cm³/mol. The normalized spacial score (nSPS) is 15.2. The van der Waals surface area contributed by atoms with Crippen LogP contribution in [0.4, 0.5) is 10.3 Å². The first-order valence-electron chi connectivity index (χ1n) is 12.0. The third kappa shape index (κ3) is 5.31. The number of rotatable bonds is 9. The van der Waals surface area contributed by atoms with Crippen molar-refractivity contribution in [1.82, 2.24) is 20.2 Å². The number of Topliss-reactive ketones (excluding diaryl/α,β-unsaturated/α-hetero) is 1. The zero-order valence-corrected chi connectivity index (χ0v) is 22.1. The van der Waals surface area contributed by atoms with Crippen LogP contribution in [0.25, 0.3) is 11.3 Å². The van der Waals surface area contributed by atoms with E-state index in [0.717, 1.165) is 5.56 Å². The van der Waals surface area contributed by atoms with Gasteiger partial charge in [-0.25, -0.2) is 14.4 Å². The summed E-state index contributed by atoms with van der Waals surface area (Å²) >= 11 is 6.31. The van der Waals surface area contributed by atoms with Crippen LogP contribution < -0.4 is 15.4 Å². The Bertz CT molecular complexity index is 1420. The quantitative estimate of drug-likeness (QED) is 0.416. The molecule has 38 heavy (non-hydrogen) atoms. The van der Waals surface area contributed by atoms with E-state index >= 15 is 0 Å². The van der Waals surface area contributed by atoms with Gasteiger partial charge in [-0.2, -0.15) is 0 Å². The average molecular weight is 540 g/mol. The third-order valence-corrected chi connectivity index (χ3v) is 6.73. The summed E-state index contributed by atoms with van der Waals surface area (Å²) in [5, 5.41) is 5.86. The fraction of sp³-hybridized carbons (Fsp3) is 0.296. The van der Waals surface area contributed by atoms with Crippen LogP contribution in [-0.4, -0.2) is 53.2 Å². The van der Waals surface area contributed by atoms with E-state index in [1.54, 1.807) is 20.0 Å². The Labute approximate surface area is 224 Å². The number of halogens is 2. The Morgan fingerprint density at radius 1 is 1.24 bits per heavy atom. The molecule has 1 aromatic heterocycles. The van der Waals surface area contributed by atoms with E-state index in [1.807, 2.05) is 19.1 Å². The van der Waals surface area contributed by atoms with Crippen LogP contribution in [0, 0.1) is 5.82 Å². The maximum Gasteiger partial charge on any atom is 0.255 e. The summed E-state index contributed by atoms with van der Waals surface area (Å²) < 4.78 is 19.2. The molecule has 2 N–H and O–H groups in total. The second kappa shape index (κ2) is 11.1. The molecule has 0 aliphatic carbocycles. The first-order chi connectivity index (χ1) is 18.2. The van der Waals surface area contributed by atoms with Crippen molar-refractivity contribution < 1.29 is 23.5 Å². The molecule has 2 amide bonds. The molecule has 0 saturated carbocycles. The summed E-state index contributed by atoms with van der Waals surface area (Å²) in [6.07, 6.45) is 1.60. The number of nitrogens with zero attached hydrogens (tertiary/aromatic N) is 3. The van der Waals surface area contributed by atoms with E-state index in [9.17, 15) is 18.8 Å². The van der Waals surface area contributed by atoms with E-state index < -0.39 is 17.8 Å². The van der Waals surface area contributed by atoms with E-state index in [-0.39, 0.29) is 42.0 Å². The molecule has 1 aliphatic rings. The number of ether oxygens (including phenoxy) is 1. The number of carbonyl (C=O) groups excluding carboxylic acids is 3. The molecule has 0 saturated heterocycles. The van der Waals surface area contributed by atoms with Crippen LogP contribution in [0.2, 0.25) is 5.02 Å². The number of ketones is 1. The zero-order chi connectivity index (χ0) is 27.6. The Morgan fingerprint density at radius 2 is 2.00 bits per heavy atom. The van der Waals surface area contributed by atoms with Crippen LogP contribution in [-0.2, 0) is 9.59 Å². The first-order valence-corrected chi connectivity index (χ1v) is 12.4. The van der Waals surface area contributed by atoms with Gasteiger partial charge in [0.15, 0.2) is 5.78 Å². The number of carbonyl (C=O) groups is 3. The second-order valence-corrected chi connectivity index (χ2v) is 9.20. The van der Waals surface area contributed by atoms with Gasteiger partial charge >= 0.3 is 0 Å². The molecular weight excluding hydrogens is 513 g/mol. The maximum atomic E-state index is 14.1. The number of hydrogen-bond donors (Lipinski definition) is 2. The summed E-state index contributed by atoms with van der Waals surface area (Å²) in [6.45, 7) is 3.18. The third-order valence-electron chi connectivity index (χ3n) is 6.46. The van der Waals surface area contributed by atoms with Gasteiger partial charge in [0.2, 0.25) is 11.9 Å². The summed E-state index contributed by atoms with van der Waals surface area (Å²) in [5.41, 5.74) is 2.55. The molecule has 11 heteroatoms. The molecule has 9 nitrogen and oxygen atoms in total. The molecule has 0 spiro atoms. The molecule has 0 bridgehead atoms. The Hall–Kier alpha value is -4.05. The van der Waals surface area contributed by atoms with Crippen molar-refractivity contribution in [3.8, 4) is 17.0 Å². The monoisotopic (exact) mass is 539 g/mol. The number of hydrogen-bond acceptors (Lipinski definition) is 7. The molecule has 0 unspecified atom stereocenters. The van der Waals surface area contributed by atoms with Gasteiger partial charge in [0.25, 0.3) is 5.91 Å². The Morgan fingerprint density at radius 3 is 2.68 bits per heavy atom. The maximum absolute atomic E-state index is 14.1. The van der Waals surface area contributed by atoms with Crippen LogP contribution in [0.1, 0.15) is 53.8 Å². The van der Waals surface area contributed by atoms with Crippen molar-refractivity contribution in [2.75, 3.05) is 26.0 Å². The molecule has 0 fully saturated rings. The van der Waals surface area contributed by atoms with E-state index in [1.165, 1.54) is 36.4 Å². The summed E-state index contributed by atoms with van der Waals surface area (Å²) in [5.74, 6) is -1.18. The smallest absolute Gasteiger partial charge is 0.255 e. The SMILES string of the molecule is CCC(=O)[C@@H](NC(=O)CN1C(=O)c2cc(-c3nc(NC)ncc3Cl)ccc2[C@H]1C)c1cc(F)cc(OC)c1. The standard InChI is InChI=1S/C27H27ClFN5O4/c1-5-22(35)25(16-8-17(29)11-18(9-16)38-4)32-23(36)13-34-14(2)19-7-6-15(10-20(19)26(34)37)24-21(28)12-31-27(30-3)33-24/h6-12,14,25H,5,13H2,1-4H3,(H,32,36)(H,30,31,33)/t14-,25+/m1/s1. The number of amides is 2. The molecule has 1 aliphatic heterocycles. The highest BCUT2D eigenvalue weighted by atomic mass is 35.5. The summed E-state index contributed by atoms with van der Waals surface area (Å²) in [6, 6.07) is 7.71. The van der Waals surface area contributed by atoms with Gasteiger partial charge in [-0.1, -0.05) is 30.7 Å². The van der Waals surface area contributed by atoms with Crippen LogP contribution in [0.5, 0.6) is 5.75 Å². The molecule has 2 aromatic carbocycles. The minimum Gasteiger partial charge on any atom is -0.497 e. The minimum atomic E-state index is -1.08. The largest absolute Gasteiger partial charge is 0.497 e. The fourth-order valence-electron chi connectivity index (χ4n) is 4.43. The zero-order valence-electron chi connectivity index (χ0n) is 21.3. The average Bonchev–Trinajstić information content (AvgIpc) is 3.15. The van der Waals surface area contributed by atoms with Crippen molar-refractivity contribution in [2.45, 2.75) is 32.4 Å². The van der Waals surface area contributed by atoms with Crippen LogP contribution >= 0.6 is 11.6 Å².